The van der Waals surface area contributed by atoms with E-state index in [9.17, 15) is 4.79 Å². The molecule has 5 nitrogen and oxygen atoms in total. The van der Waals surface area contributed by atoms with E-state index in [-0.39, 0.29) is 6.03 Å². The highest BCUT2D eigenvalue weighted by molar-refractivity contribution is 14.1. The fourth-order valence-corrected chi connectivity index (χ4v) is 3.16. The van der Waals surface area contributed by atoms with E-state index in [0.717, 1.165) is 11.3 Å². The minimum atomic E-state index is -0.358. The molecule has 0 atom stereocenters. The third-order valence-electron chi connectivity index (χ3n) is 3.22. The minimum absolute atomic E-state index is 0.358. The van der Waals surface area contributed by atoms with Crippen molar-refractivity contribution < 1.29 is 9.53 Å². The van der Waals surface area contributed by atoms with Crippen molar-refractivity contribution in [1.82, 2.24) is 4.98 Å². The molecule has 0 spiro atoms. The summed E-state index contributed by atoms with van der Waals surface area (Å²) >= 11 is 3.64. The summed E-state index contributed by atoms with van der Waals surface area (Å²) in [5.74, 6) is 0.603. The van der Waals surface area contributed by atoms with E-state index >= 15 is 0 Å². The number of hydrogen-bond acceptors (Lipinski definition) is 4. The number of thiazole rings is 1. The van der Waals surface area contributed by atoms with Gasteiger partial charge in [-0.1, -0.05) is 24.3 Å². The molecular weight excluding hydrogens is 437 g/mol. The molecule has 0 aliphatic carbocycles. The number of halogens is 1. The van der Waals surface area contributed by atoms with Gasteiger partial charge in [-0.05, 0) is 46.9 Å². The van der Waals surface area contributed by atoms with Gasteiger partial charge in [-0.2, -0.15) is 0 Å². The number of carbonyl (C=O) groups excluding carboxylic acids is 1. The first-order valence-corrected chi connectivity index (χ1v) is 9.04. The fourth-order valence-electron chi connectivity index (χ4n) is 2.08. The van der Waals surface area contributed by atoms with Gasteiger partial charge >= 0.3 is 6.03 Å². The molecule has 0 unspecified atom stereocenters. The van der Waals surface area contributed by atoms with Crippen LogP contribution in [-0.2, 0) is 0 Å². The maximum Gasteiger partial charge on any atom is 0.325 e. The van der Waals surface area contributed by atoms with Crippen LogP contribution in [-0.4, -0.2) is 18.1 Å². The molecule has 1 heterocycles. The van der Waals surface area contributed by atoms with Gasteiger partial charge in [0.05, 0.1) is 18.5 Å². The van der Waals surface area contributed by atoms with Crippen molar-refractivity contribution in [2.24, 2.45) is 0 Å². The van der Waals surface area contributed by atoms with Gasteiger partial charge in [0.25, 0.3) is 0 Å². The molecular formula is C17H14IN3O2S. The van der Waals surface area contributed by atoms with Gasteiger partial charge in [0.2, 0.25) is 0 Å². The molecule has 7 heteroatoms. The van der Waals surface area contributed by atoms with Crippen LogP contribution in [0.2, 0.25) is 0 Å². The Morgan fingerprint density at radius 3 is 2.62 bits per heavy atom. The average Bonchev–Trinajstić information content (AvgIpc) is 3.04. The molecule has 0 fully saturated rings. The second-order valence-corrected chi connectivity index (χ2v) is 6.93. The summed E-state index contributed by atoms with van der Waals surface area (Å²) in [6, 6.07) is 14.9. The molecule has 2 aromatic carbocycles. The first-order chi connectivity index (χ1) is 11.7. The van der Waals surface area contributed by atoms with Gasteiger partial charge in [0.1, 0.15) is 5.75 Å². The molecule has 0 radical (unpaired) electrons. The molecule has 0 bridgehead atoms. The molecule has 0 aliphatic rings. The van der Waals surface area contributed by atoms with Crippen molar-refractivity contribution in [2.45, 2.75) is 0 Å². The van der Waals surface area contributed by atoms with E-state index in [1.54, 1.807) is 19.2 Å². The Bertz CT molecular complexity index is 849. The summed E-state index contributed by atoms with van der Waals surface area (Å²) in [7, 11) is 1.56. The van der Waals surface area contributed by atoms with E-state index < -0.39 is 0 Å². The Hall–Kier alpha value is -2.13. The number of anilines is 2. The van der Waals surface area contributed by atoms with Crippen molar-refractivity contribution in [3.05, 3.63) is 57.5 Å². The molecule has 2 N–H and O–H groups in total. The number of carbonyl (C=O) groups is 1. The van der Waals surface area contributed by atoms with E-state index in [1.807, 2.05) is 41.8 Å². The number of amides is 2. The normalized spacial score (nSPS) is 10.2. The van der Waals surface area contributed by atoms with Crippen LogP contribution in [0.25, 0.3) is 11.3 Å². The molecule has 122 valence electrons. The van der Waals surface area contributed by atoms with Crippen LogP contribution in [0.3, 0.4) is 0 Å². The lowest BCUT2D eigenvalue weighted by molar-refractivity contribution is 0.262. The van der Waals surface area contributed by atoms with Gasteiger partial charge in [-0.15, -0.1) is 11.3 Å². The number of nitrogens with one attached hydrogen (secondary N) is 2. The van der Waals surface area contributed by atoms with Crippen LogP contribution in [0, 0.1) is 3.57 Å². The van der Waals surface area contributed by atoms with E-state index in [0.29, 0.717) is 16.6 Å². The number of methoxy groups -OCH3 is 1. The number of ether oxygens (including phenoxy) is 1. The molecule has 2 amide bonds. The van der Waals surface area contributed by atoms with Crippen molar-refractivity contribution >= 4 is 50.8 Å². The number of para-hydroxylation sites is 2. The summed E-state index contributed by atoms with van der Waals surface area (Å²) < 4.78 is 6.38. The van der Waals surface area contributed by atoms with Crippen LogP contribution in [0.1, 0.15) is 0 Å². The first-order valence-electron chi connectivity index (χ1n) is 7.08. The third-order valence-corrected chi connectivity index (χ3v) is 4.70. The highest BCUT2D eigenvalue weighted by Crippen LogP contribution is 2.26. The molecule has 3 aromatic rings. The molecule has 3 rings (SSSR count). The van der Waals surface area contributed by atoms with Gasteiger partial charge in [0.15, 0.2) is 5.13 Å². The zero-order valence-corrected chi connectivity index (χ0v) is 15.7. The maximum atomic E-state index is 12.1. The summed E-state index contributed by atoms with van der Waals surface area (Å²) in [6.07, 6.45) is 0. The Balaban J connectivity index is 1.68. The van der Waals surface area contributed by atoms with Gasteiger partial charge in [-0.3, -0.25) is 5.32 Å². The smallest absolute Gasteiger partial charge is 0.325 e. The molecule has 0 aliphatic heterocycles. The van der Waals surface area contributed by atoms with Crippen LogP contribution < -0.4 is 15.4 Å². The second-order valence-electron chi connectivity index (χ2n) is 4.82. The summed E-state index contributed by atoms with van der Waals surface area (Å²) in [6.45, 7) is 0. The zero-order valence-electron chi connectivity index (χ0n) is 12.7. The standard InChI is InChI=1S/C17H14IN3O2S/c1-23-15-5-3-2-4-13(15)19-16(22)21-17-20-14(10-24-17)11-6-8-12(18)9-7-11/h2-10H,1H3,(H2,19,20,21,22). The quantitative estimate of drug-likeness (QED) is 0.545. The number of hydrogen-bond donors (Lipinski definition) is 2. The lowest BCUT2D eigenvalue weighted by Gasteiger charge is -2.09. The van der Waals surface area contributed by atoms with Gasteiger partial charge in [0, 0.05) is 14.5 Å². The summed E-state index contributed by atoms with van der Waals surface area (Å²) in [5.41, 5.74) is 2.46. The number of urea groups is 1. The molecule has 0 saturated heterocycles. The first kappa shape index (κ1) is 16.7. The highest BCUT2D eigenvalue weighted by Gasteiger charge is 2.10. The SMILES string of the molecule is COc1ccccc1NC(=O)Nc1nc(-c2ccc(I)cc2)cs1. The van der Waals surface area contributed by atoms with Crippen LogP contribution in [0.15, 0.2) is 53.9 Å². The monoisotopic (exact) mass is 451 g/mol. The van der Waals surface area contributed by atoms with Crippen molar-refractivity contribution in [1.29, 1.82) is 0 Å². The fraction of sp³-hybridized carbons (Fsp3) is 0.0588. The van der Waals surface area contributed by atoms with E-state index in [2.05, 4.69) is 38.2 Å². The number of rotatable bonds is 4. The van der Waals surface area contributed by atoms with E-state index in [1.165, 1.54) is 14.9 Å². The van der Waals surface area contributed by atoms with Gasteiger partial charge in [-0.25, -0.2) is 9.78 Å². The predicted octanol–water partition coefficient (Wildman–Crippen LogP) is 5.07. The Morgan fingerprint density at radius 2 is 1.88 bits per heavy atom. The van der Waals surface area contributed by atoms with Crippen LogP contribution >= 0.6 is 33.9 Å². The van der Waals surface area contributed by atoms with Crippen LogP contribution in [0.4, 0.5) is 15.6 Å². The van der Waals surface area contributed by atoms with E-state index in [4.69, 9.17) is 4.74 Å². The molecule has 1 aromatic heterocycles. The number of aromatic nitrogens is 1. The zero-order chi connectivity index (χ0) is 16.9. The lowest BCUT2D eigenvalue weighted by atomic mass is 10.2. The largest absolute Gasteiger partial charge is 0.495 e. The Labute approximate surface area is 157 Å². The summed E-state index contributed by atoms with van der Waals surface area (Å²) in [4.78, 5) is 16.6. The lowest BCUT2D eigenvalue weighted by Crippen LogP contribution is -2.19. The number of nitrogens with zero attached hydrogens (tertiary/aromatic N) is 1. The Kier molecular flexibility index (Phi) is 5.31. The molecule has 0 saturated carbocycles. The summed E-state index contributed by atoms with van der Waals surface area (Å²) in [5, 5.41) is 7.96. The predicted molar refractivity (Wildman–Crippen MR) is 106 cm³/mol. The highest BCUT2D eigenvalue weighted by atomic mass is 127. The third kappa shape index (κ3) is 4.04. The second kappa shape index (κ2) is 7.63. The topological polar surface area (TPSA) is 63.2 Å². The minimum Gasteiger partial charge on any atom is -0.495 e. The van der Waals surface area contributed by atoms with Crippen molar-refractivity contribution in [3.63, 3.8) is 0 Å². The van der Waals surface area contributed by atoms with Gasteiger partial charge < -0.3 is 10.1 Å². The number of benzene rings is 2. The van der Waals surface area contributed by atoms with Crippen molar-refractivity contribution in [2.75, 3.05) is 17.7 Å². The average molecular weight is 451 g/mol. The Morgan fingerprint density at radius 1 is 1.12 bits per heavy atom. The maximum absolute atomic E-state index is 12.1. The van der Waals surface area contributed by atoms with Crippen LogP contribution in [0.5, 0.6) is 5.75 Å². The molecule has 24 heavy (non-hydrogen) atoms. The van der Waals surface area contributed by atoms with Crippen molar-refractivity contribution in [3.8, 4) is 17.0 Å².